The predicted octanol–water partition coefficient (Wildman–Crippen LogP) is 1.70. The third-order valence-electron chi connectivity index (χ3n) is 4.66. The first-order valence-electron chi connectivity index (χ1n) is 7.87. The van der Waals surface area contributed by atoms with E-state index in [2.05, 4.69) is 5.32 Å². The van der Waals surface area contributed by atoms with Crippen LogP contribution in [-0.2, 0) is 9.53 Å². The van der Waals surface area contributed by atoms with Crippen LogP contribution in [0.4, 0.5) is 4.79 Å². The van der Waals surface area contributed by atoms with Crippen LogP contribution in [0.25, 0.3) is 0 Å². The molecular weight excluding hydrogens is 272 g/mol. The Morgan fingerprint density at radius 1 is 1.24 bits per heavy atom. The number of aliphatic carboxylic acids is 1. The molecule has 0 spiro atoms. The Labute approximate surface area is 125 Å². The number of hydrogen-bond acceptors (Lipinski definition) is 3. The standard InChI is InChI=1S/C15H26N2O4/c1-21-10-11-5-7-17(8-6-11)15(20)16-13-4-2-3-12(9-13)14(18)19/h11-13H,2-10H2,1H3,(H,16,20)(H,18,19). The first kappa shape index (κ1) is 16.1. The summed E-state index contributed by atoms with van der Waals surface area (Å²) in [6, 6.07) is -0.0362. The molecule has 1 aliphatic heterocycles. The lowest BCUT2D eigenvalue weighted by molar-refractivity contribution is -0.143. The molecule has 2 fully saturated rings. The molecule has 2 aliphatic rings. The molecule has 0 radical (unpaired) electrons. The van der Waals surface area contributed by atoms with Crippen LogP contribution in [0.3, 0.4) is 0 Å². The smallest absolute Gasteiger partial charge is 0.317 e. The van der Waals surface area contributed by atoms with Crippen LogP contribution in [0.2, 0.25) is 0 Å². The molecule has 0 aromatic heterocycles. The zero-order chi connectivity index (χ0) is 15.2. The Balaban J connectivity index is 1.75. The number of amides is 2. The summed E-state index contributed by atoms with van der Waals surface area (Å²) in [5.74, 6) is -0.504. The van der Waals surface area contributed by atoms with Crippen LogP contribution in [0.15, 0.2) is 0 Å². The highest BCUT2D eigenvalue weighted by molar-refractivity contribution is 5.75. The van der Waals surface area contributed by atoms with E-state index in [-0.39, 0.29) is 18.0 Å². The van der Waals surface area contributed by atoms with E-state index in [0.29, 0.717) is 12.3 Å². The van der Waals surface area contributed by atoms with E-state index >= 15 is 0 Å². The Hall–Kier alpha value is -1.30. The van der Waals surface area contributed by atoms with E-state index in [0.717, 1.165) is 51.8 Å². The zero-order valence-electron chi connectivity index (χ0n) is 12.7. The van der Waals surface area contributed by atoms with Gasteiger partial charge in [0.05, 0.1) is 5.92 Å². The van der Waals surface area contributed by atoms with Gasteiger partial charge in [-0.05, 0) is 38.0 Å². The molecule has 2 N–H and O–H groups in total. The molecule has 6 nitrogen and oxygen atoms in total. The normalized spacial score (nSPS) is 27.4. The highest BCUT2D eigenvalue weighted by Crippen LogP contribution is 2.25. The van der Waals surface area contributed by atoms with Gasteiger partial charge in [0.25, 0.3) is 0 Å². The van der Waals surface area contributed by atoms with Gasteiger partial charge in [-0.2, -0.15) is 0 Å². The largest absolute Gasteiger partial charge is 0.481 e. The third kappa shape index (κ3) is 4.59. The van der Waals surface area contributed by atoms with Crippen molar-refractivity contribution in [3.05, 3.63) is 0 Å². The van der Waals surface area contributed by atoms with Crippen molar-refractivity contribution in [1.29, 1.82) is 0 Å². The number of ether oxygens (including phenoxy) is 1. The van der Waals surface area contributed by atoms with Crippen LogP contribution in [0.1, 0.15) is 38.5 Å². The average molecular weight is 298 g/mol. The van der Waals surface area contributed by atoms with Gasteiger partial charge in [-0.25, -0.2) is 4.79 Å². The second kappa shape index (κ2) is 7.64. The minimum atomic E-state index is -0.741. The van der Waals surface area contributed by atoms with Crippen LogP contribution < -0.4 is 5.32 Å². The first-order valence-corrected chi connectivity index (χ1v) is 7.87. The van der Waals surface area contributed by atoms with E-state index in [1.54, 1.807) is 7.11 Å². The maximum Gasteiger partial charge on any atom is 0.317 e. The van der Waals surface area contributed by atoms with Crippen molar-refractivity contribution in [3.8, 4) is 0 Å². The second-order valence-electron chi connectivity index (χ2n) is 6.23. The number of urea groups is 1. The van der Waals surface area contributed by atoms with E-state index in [9.17, 15) is 9.59 Å². The van der Waals surface area contributed by atoms with E-state index in [1.165, 1.54) is 0 Å². The summed E-state index contributed by atoms with van der Waals surface area (Å²) >= 11 is 0. The predicted molar refractivity (Wildman–Crippen MR) is 78.1 cm³/mol. The molecule has 1 aliphatic carbocycles. The number of carbonyl (C=O) groups is 2. The zero-order valence-corrected chi connectivity index (χ0v) is 12.7. The molecule has 6 heteroatoms. The van der Waals surface area contributed by atoms with Gasteiger partial charge in [0.2, 0.25) is 0 Å². The summed E-state index contributed by atoms with van der Waals surface area (Å²) < 4.78 is 5.16. The van der Waals surface area contributed by atoms with Crippen molar-refractivity contribution in [2.24, 2.45) is 11.8 Å². The number of rotatable bonds is 4. The van der Waals surface area contributed by atoms with Crippen molar-refractivity contribution >= 4 is 12.0 Å². The molecule has 0 aromatic rings. The number of likely N-dealkylation sites (tertiary alicyclic amines) is 1. The summed E-state index contributed by atoms with van der Waals surface area (Å²) in [4.78, 5) is 25.1. The highest BCUT2D eigenvalue weighted by atomic mass is 16.5. The molecule has 0 aromatic carbocycles. The number of methoxy groups -OCH3 is 1. The van der Waals surface area contributed by atoms with Crippen molar-refractivity contribution in [3.63, 3.8) is 0 Å². The fourth-order valence-corrected chi connectivity index (χ4v) is 3.35. The SMILES string of the molecule is COCC1CCN(C(=O)NC2CCCC(C(=O)O)C2)CC1. The number of nitrogens with one attached hydrogen (secondary N) is 1. The van der Waals surface area contributed by atoms with Crippen molar-refractivity contribution < 1.29 is 19.4 Å². The Morgan fingerprint density at radius 3 is 2.57 bits per heavy atom. The van der Waals surface area contributed by atoms with E-state index in [4.69, 9.17) is 9.84 Å². The Bertz CT molecular complexity index is 367. The number of nitrogens with zero attached hydrogens (tertiary/aromatic N) is 1. The van der Waals surface area contributed by atoms with Crippen LogP contribution in [-0.4, -0.2) is 54.9 Å². The molecule has 2 amide bonds. The van der Waals surface area contributed by atoms with Gasteiger partial charge in [-0.15, -0.1) is 0 Å². The lowest BCUT2D eigenvalue weighted by Crippen LogP contribution is -2.49. The topological polar surface area (TPSA) is 78.9 Å². The molecule has 1 saturated heterocycles. The molecule has 120 valence electrons. The third-order valence-corrected chi connectivity index (χ3v) is 4.66. The first-order chi connectivity index (χ1) is 10.1. The lowest BCUT2D eigenvalue weighted by Gasteiger charge is -2.34. The van der Waals surface area contributed by atoms with Gasteiger partial charge in [-0.1, -0.05) is 6.42 Å². The maximum absolute atomic E-state index is 12.2. The molecule has 2 unspecified atom stereocenters. The number of hydrogen-bond donors (Lipinski definition) is 2. The quantitative estimate of drug-likeness (QED) is 0.828. The number of carboxylic acids is 1. The summed E-state index contributed by atoms with van der Waals surface area (Å²) in [6.07, 6.45) is 4.99. The van der Waals surface area contributed by atoms with Crippen molar-refractivity contribution in [1.82, 2.24) is 10.2 Å². The number of carbonyl (C=O) groups excluding carboxylic acids is 1. The molecule has 0 bridgehead atoms. The molecule has 2 rings (SSSR count). The van der Waals surface area contributed by atoms with Gasteiger partial charge in [-0.3, -0.25) is 4.79 Å². The summed E-state index contributed by atoms with van der Waals surface area (Å²) in [5.41, 5.74) is 0. The molecule has 2 atom stereocenters. The Morgan fingerprint density at radius 2 is 1.95 bits per heavy atom. The maximum atomic E-state index is 12.2. The molecular formula is C15H26N2O4. The lowest BCUT2D eigenvalue weighted by atomic mass is 9.86. The van der Waals surface area contributed by atoms with Gasteiger partial charge >= 0.3 is 12.0 Å². The van der Waals surface area contributed by atoms with Crippen LogP contribution in [0.5, 0.6) is 0 Å². The van der Waals surface area contributed by atoms with Crippen molar-refractivity contribution in [2.75, 3.05) is 26.8 Å². The highest BCUT2D eigenvalue weighted by Gasteiger charge is 2.29. The molecule has 21 heavy (non-hydrogen) atoms. The Kier molecular flexibility index (Phi) is 5.85. The minimum absolute atomic E-state index is 0.00375. The van der Waals surface area contributed by atoms with Crippen LogP contribution >= 0.6 is 0 Å². The minimum Gasteiger partial charge on any atom is -0.481 e. The van der Waals surface area contributed by atoms with Gasteiger partial charge in [0.1, 0.15) is 0 Å². The van der Waals surface area contributed by atoms with Crippen LogP contribution in [0, 0.1) is 11.8 Å². The molecule has 1 saturated carbocycles. The van der Waals surface area contributed by atoms with E-state index < -0.39 is 5.97 Å². The van der Waals surface area contributed by atoms with Gasteiger partial charge in [0.15, 0.2) is 0 Å². The molecule has 1 heterocycles. The summed E-state index contributed by atoms with van der Waals surface area (Å²) in [7, 11) is 1.71. The summed E-state index contributed by atoms with van der Waals surface area (Å²) in [6.45, 7) is 2.28. The second-order valence-corrected chi connectivity index (χ2v) is 6.23. The van der Waals surface area contributed by atoms with Gasteiger partial charge in [0, 0.05) is 32.8 Å². The number of carboxylic acid groups (broad SMARTS) is 1. The fraction of sp³-hybridized carbons (Fsp3) is 0.867. The van der Waals surface area contributed by atoms with E-state index in [1.807, 2.05) is 4.90 Å². The van der Waals surface area contributed by atoms with Crippen molar-refractivity contribution in [2.45, 2.75) is 44.6 Å². The average Bonchev–Trinajstić information content (AvgIpc) is 2.48. The van der Waals surface area contributed by atoms with Gasteiger partial charge < -0.3 is 20.1 Å². The fourth-order valence-electron chi connectivity index (χ4n) is 3.35. The monoisotopic (exact) mass is 298 g/mol. The summed E-state index contributed by atoms with van der Waals surface area (Å²) in [5, 5.41) is 12.1. The number of piperidine rings is 1.